The smallest absolute Gasteiger partial charge is 0.239 e. The highest BCUT2D eigenvalue weighted by atomic mass is 35.5. The van der Waals surface area contributed by atoms with Gasteiger partial charge in [-0.15, -0.1) is 12.4 Å². The van der Waals surface area contributed by atoms with E-state index < -0.39 is 0 Å². The minimum Gasteiger partial charge on any atom is -0.494 e. The lowest BCUT2D eigenvalue weighted by atomic mass is 10.0. The summed E-state index contributed by atoms with van der Waals surface area (Å²) in [4.78, 5) is 22.9. The second-order valence-corrected chi connectivity index (χ2v) is 4.48. The van der Waals surface area contributed by atoms with Crippen LogP contribution in [0.25, 0.3) is 0 Å². The fraction of sp³-hybridized carbons (Fsp3) is 0.467. The molecule has 0 aliphatic heterocycles. The number of nitrogens with one attached hydrogen (secondary N) is 2. The summed E-state index contributed by atoms with van der Waals surface area (Å²) in [5.74, 6) is 0.154. The number of carbonyl (C=O) groups is 2. The second kappa shape index (κ2) is 10.9. The van der Waals surface area contributed by atoms with Gasteiger partial charge in [0, 0.05) is 5.56 Å². The van der Waals surface area contributed by atoms with Crippen molar-refractivity contribution in [1.82, 2.24) is 10.6 Å². The van der Waals surface area contributed by atoms with E-state index in [2.05, 4.69) is 10.6 Å². The fourth-order valence-electron chi connectivity index (χ4n) is 1.95. The van der Waals surface area contributed by atoms with Crippen molar-refractivity contribution in [3.63, 3.8) is 0 Å². The minimum absolute atomic E-state index is 0. The molecule has 0 saturated carbocycles. The first-order valence-corrected chi connectivity index (χ1v) is 7.10. The number of amides is 2. The Labute approximate surface area is 137 Å². The topological polar surface area (TPSA) is 93.5 Å². The maximum Gasteiger partial charge on any atom is 0.239 e. The van der Waals surface area contributed by atoms with E-state index in [4.69, 9.17) is 10.5 Å². The fourth-order valence-corrected chi connectivity index (χ4v) is 1.95. The third kappa shape index (κ3) is 6.32. The molecule has 0 aromatic heterocycles. The lowest BCUT2D eigenvalue weighted by Crippen LogP contribution is -2.40. The summed E-state index contributed by atoms with van der Waals surface area (Å²) in [5, 5.41) is 5.33. The lowest BCUT2D eigenvalue weighted by Gasteiger charge is -2.20. The zero-order valence-electron chi connectivity index (χ0n) is 12.9. The van der Waals surface area contributed by atoms with Crippen LogP contribution in [0.15, 0.2) is 24.3 Å². The van der Waals surface area contributed by atoms with Gasteiger partial charge < -0.3 is 21.1 Å². The van der Waals surface area contributed by atoms with E-state index in [1.54, 1.807) is 0 Å². The van der Waals surface area contributed by atoms with Crippen molar-refractivity contribution in [1.29, 1.82) is 0 Å². The first kappa shape index (κ1) is 20.2. The van der Waals surface area contributed by atoms with Gasteiger partial charge >= 0.3 is 0 Å². The van der Waals surface area contributed by atoms with Crippen LogP contribution >= 0.6 is 12.4 Å². The molecule has 1 atom stereocenters. The Morgan fingerprint density at radius 2 is 1.91 bits per heavy atom. The average molecular weight is 330 g/mol. The maximum absolute atomic E-state index is 11.9. The van der Waals surface area contributed by atoms with Gasteiger partial charge in [0.2, 0.25) is 11.8 Å². The maximum atomic E-state index is 11.9. The van der Waals surface area contributed by atoms with Crippen LogP contribution < -0.4 is 21.1 Å². The Morgan fingerprint density at radius 3 is 2.50 bits per heavy atom. The van der Waals surface area contributed by atoms with E-state index in [9.17, 15) is 9.59 Å². The van der Waals surface area contributed by atoms with Gasteiger partial charge in [0.15, 0.2) is 0 Å². The number of carbonyl (C=O) groups excluding carboxylic acids is 2. The van der Waals surface area contributed by atoms with Gasteiger partial charge in [-0.05, 0) is 19.4 Å². The number of nitrogens with two attached hydrogens (primary N) is 1. The molecule has 124 valence electrons. The molecule has 0 radical (unpaired) electrons. The molecule has 0 aliphatic carbocycles. The highest BCUT2D eigenvalue weighted by Crippen LogP contribution is 2.27. The third-order valence-corrected chi connectivity index (χ3v) is 2.97. The van der Waals surface area contributed by atoms with Crippen LogP contribution in [-0.2, 0) is 9.59 Å². The number of halogens is 1. The van der Waals surface area contributed by atoms with E-state index in [0.717, 1.165) is 17.7 Å². The number of hydrogen-bond acceptors (Lipinski definition) is 4. The normalized spacial score (nSPS) is 11.0. The summed E-state index contributed by atoms with van der Waals surface area (Å²) in [6.45, 7) is 4.25. The van der Waals surface area contributed by atoms with Crippen molar-refractivity contribution in [2.75, 3.05) is 19.7 Å². The minimum atomic E-state index is -0.354. The summed E-state index contributed by atoms with van der Waals surface area (Å²) in [6, 6.07) is 7.45. The van der Waals surface area contributed by atoms with Crippen LogP contribution in [0.4, 0.5) is 0 Å². The summed E-state index contributed by atoms with van der Waals surface area (Å²) >= 11 is 0. The Bertz CT molecular complexity index is 483. The molecule has 0 saturated heterocycles. The quantitative estimate of drug-likeness (QED) is 0.667. The van der Waals surface area contributed by atoms with Crippen molar-refractivity contribution in [2.24, 2.45) is 5.73 Å². The van der Waals surface area contributed by atoms with Gasteiger partial charge in [-0.25, -0.2) is 0 Å². The van der Waals surface area contributed by atoms with E-state index in [0.29, 0.717) is 6.61 Å². The molecule has 1 aromatic rings. The van der Waals surface area contributed by atoms with Gasteiger partial charge in [-0.1, -0.05) is 25.1 Å². The van der Waals surface area contributed by atoms with Crippen molar-refractivity contribution >= 4 is 24.2 Å². The highest BCUT2D eigenvalue weighted by molar-refractivity contribution is 5.86. The highest BCUT2D eigenvalue weighted by Gasteiger charge is 2.16. The van der Waals surface area contributed by atoms with Gasteiger partial charge in [0.1, 0.15) is 5.75 Å². The zero-order chi connectivity index (χ0) is 15.7. The predicted octanol–water partition coefficient (Wildman–Crippen LogP) is 1.15. The molecule has 7 heteroatoms. The van der Waals surface area contributed by atoms with Crippen molar-refractivity contribution < 1.29 is 14.3 Å². The van der Waals surface area contributed by atoms with Gasteiger partial charge in [0.25, 0.3) is 0 Å². The van der Waals surface area contributed by atoms with Gasteiger partial charge in [-0.2, -0.15) is 0 Å². The first-order chi connectivity index (χ1) is 10.1. The number of benzene rings is 1. The van der Waals surface area contributed by atoms with Crippen molar-refractivity contribution in [3.05, 3.63) is 29.8 Å². The molecule has 22 heavy (non-hydrogen) atoms. The molecule has 4 N–H and O–H groups in total. The van der Waals surface area contributed by atoms with E-state index >= 15 is 0 Å². The Morgan fingerprint density at radius 1 is 1.23 bits per heavy atom. The summed E-state index contributed by atoms with van der Waals surface area (Å²) in [7, 11) is 0. The largest absolute Gasteiger partial charge is 0.494 e. The summed E-state index contributed by atoms with van der Waals surface area (Å²) < 4.78 is 5.58. The molecule has 0 aliphatic rings. The monoisotopic (exact) mass is 329 g/mol. The average Bonchev–Trinajstić information content (AvgIpc) is 2.51. The molecule has 1 rings (SSSR count). The SMILES string of the molecule is CCOc1ccccc1C(CC)NC(=O)CNC(=O)CN.Cl. The van der Waals surface area contributed by atoms with Crippen LogP contribution in [0.1, 0.15) is 31.9 Å². The van der Waals surface area contributed by atoms with Crippen LogP contribution in [0.2, 0.25) is 0 Å². The molecule has 2 amide bonds. The van der Waals surface area contributed by atoms with Gasteiger partial charge in [-0.3, -0.25) is 9.59 Å². The Balaban J connectivity index is 0.00000441. The van der Waals surface area contributed by atoms with E-state index in [-0.39, 0.29) is 43.4 Å². The van der Waals surface area contributed by atoms with Crippen LogP contribution in [0.5, 0.6) is 5.75 Å². The standard InChI is InChI=1S/C15H23N3O3.ClH/c1-3-12(18-15(20)10-17-14(19)9-16)11-7-5-6-8-13(11)21-4-2;/h5-8,12H,3-4,9-10,16H2,1-2H3,(H,17,19)(H,18,20);1H. The lowest BCUT2D eigenvalue weighted by molar-refractivity contribution is -0.125. The number of ether oxygens (including phenoxy) is 1. The van der Waals surface area contributed by atoms with Gasteiger partial charge in [0.05, 0.1) is 25.7 Å². The van der Waals surface area contributed by atoms with Crippen molar-refractivity contribution in [2.45, 2.75) is 26.3 Å². The molecule has 6 nitrogen and oxygen atoms in total. The third-order valence-electron chi connectivity index (χ3n) is 2.97. The van der Waals surface area contributed by atoms with Crippen molar-refractivity contribution in [3.8, 4) is 5.75 Å². The molecule has 0 bridgehead atoms. The zero-order valence-corrected chi connectivity index (χ0v) is 13.7. The number of rotatable bonds is 8. The predicted molar refractivity (Wildman–Crippen MR) is 88.1 cm³/mol. The van der Waals surface area contributed by atoms with E-state index in [1.807, 2.05) is 38.1 Å². The summed E-state index contributed by atoms with van der Waals surface area (Å²) in [5.41, 5.74) is 6.10. The molecule has 1 aromatic carbocycles. The van der Waals surface area contributed by atoms with Crippen LogP contribution in [-0.4, -0.2) is 31.5 Å². The van der Waals surface area contributed by atoms with Crippen LogP contribution in [0.3, 0.4) is 0 Å². The molecule has 0 fully saturated rings. The van der Waals surface area contributed by atoms with E-state index in [1.165, 1.54) is 0 Å². The molecule has 0 spiro atoms. The molecular weight excluding hydrogens is 306 g/mol. The Kier molecular flexibility index (Phi) is 9.98. The van der Waals surface area contributed by atoms with Crippen LogP contribution in [0, 0.1) is 0 Å². The Hall–Kier alpha value is -1.79. The second-order valence-electron chi connectivity index (χ2n) is 4.48. The molecule has 0 heterocycles. The first-order valence-electron chi connectivity index (χ1n) is 7.10. The molecule has 1 unspecified atom stereocenters. The summed E-state index contributed by atoms with van der Waals surface area (Å²) in [6.07, 6.45) is 0.723. The number of hydrogen-bond donors (Lipinski definition) is 3. The molecular formula is C15H24ClN3O3. The number of para-hydroxylation sites is 1.